The lowest BCUT2D eigenvalue weighted by Gasteiger charge is -2.05. The van der Waals surface area contributed by atoms with E-state index in [-0.39, 0.29) is 5.69 Å². The Morgan fingerprint density at radius 1 is 1.53 bits per heavy atom. The van der Waals surface area contributed by atoms with E-state index in [1.165, 1.54) is 24.6 Å². The van der Waals surface area contributed by atoms with E-state index in [2.05, 4.69) is 10.3 Å². The molecule has 1 aromatic carbocycles. The van der Waals surface area contributed by atoms with Crippen molar-refractivity contribution in [3.8, 4) is 0 Å². The molecule has 0 saturated carbocycles. The van der Waals surface area contributed by atoms with Crippen LogP contribution in [-0.4, -0.2) is 9.91 Å². The van der Waals surface area contributed by atoms with Crippen molar-refractivity contribution in [1.82, 2.24) is 4.98 Å². The van der Waals surface area contributed by atoms with Gasteiger partial charge in [0.1, 0.15) is 5.76 Å². The summed E-state index contributed by atoms with van der Waals surface area (Å²) in [5.41, 5.74) is 0.465. The van der Waals surface area contributed by atoms with Gasteiger partial charge in [-0.2, -0.15) is 0 Å². The molecule has 0 saturated heterocycles. The number of rotatable bonds is 4. The van der Waals surface area contributed by atoms with Crippen molar-refractivity contribution in [1.29, 1.82) is 0 Å². The Morgan fingerprint density at radius 2 is 2.35 bits per heavy atom. The Hall–Kier alpha value is -2.08. The molecule has 0 atom stereocenters. The molecule has 0 unspecified atom stereocenters. The second kappa shape index (κ2) is 4.84. The van der Waals surface area contributed by atoms with Gasteiger partial charge in [-0.25, -0.2) is 4.98 Å². The molecule has 1 N–H and O–H groups in total. The first-order chi connectivity index (χ1) is 8.16. The molecule has 0 fully saturated rings. The summed E-state index contributed by atoms with van der Waals surface area (Å²) >= 11 is 5.91. The molecule has 0 aliphatic heterocycles. The van der Waals surface area contributed by atoms with Crippen molar-refractivity contribution in [3.63, 3.8) is 0 Å². The van der Waals surface area contributed by atoms with E-state index in [1.807, 2.05) is 0 Å². The summed E-state index contributed by atoms with van der Waals surface area (Å²) < 4.78 is 5.02. The molecule has 0 aliphatic rings. The molecule has 0 radical (unpaired) electrons. The molecule has 17 heavy (non-hydrogen) atoms. The van der Waals surface area contributed by atoms with Crippen LogP contribution in [0.1, 0.15) is 5.76 Å². The molecule has 6 nitrogen and oxygen atoms in total. The second-order valence-corrected chi connectivity index (χ2v) is 3.65. The highest BCUT2D eigenvalue weighted by Gasteiger charge is 2.09. The lowest BCUT2D eigenvalue weighted by molar-refractivity contribution is -0.384. The predicted octanol–water partition coefficient (Wildman–Crippen LogP) is 2.85. The Bertz CT molecular complexity index is 528. The summed E-state index contributed by atoms with van der Waals surface area (Å²) in [6, 6.07) is 4.20. The third-order valence-corrected chi connectivity index (χ3v) is 2.43. The molecule has 0 amide bonds. The van der Waals surface area contributed by atoms with Crippen LogP contribution in [-0.2, 0) is 6.54 Å². The fraction of sp³-hybridized carbons (Fsp3) is 0.100. The number of oxazole rings is 1. The van der Waals surface area contributed by atoms with Crippen LogP contribution in [0.25, 0.3) is 0 Å². The third-order valence-electron chi connectivity index (χ3n) is 2.10. The van der Waals surface area contributed by atoms with Crippen LogP contribution in [0.2, 0.25) is 5.02 Å². The fourth-order valence-electron chi connectivity index (χ4n) is 1.27. The molecule has 2 rings (SSSR count). The number of aromatic nitrogens is 1. The zero-order valence-corrected chi connectivity index (χ0v) is 9.35. The maximum Gasteiger partial charge on any atom is 0.271 e. The number of benzene rings is 1. The van der Waals surface area contributed by atoms with Gasteiger partial charge in [0.15, 0.2) is 6.39 Å². The lowest BCUT2D eigenvalue weighted by atomic mass is 10.2. The molecular weight excluding hydrogens is 246 g/mol. The van der Waals surface area contributed by atoms with E-state index >= 15 is 0 Å². The van der Waals surface area contributed by atoms with Crippen LogP contribution in [0.15, 0.2) is 35.2 Å². The smallest absolute Gasteiger partial charge is 0.271 e. The summed E-state index contributed by atoms with van der Waals surface area (Å²) in [7, 11) is 0. The van der Waals surface area contributed by atoms with Gasteiger partial charge in [-0.05, 0) is 6.07 Å². The Balaban J connectivity index is 2.14. The third kappa shape index (κ3) is 2.73. The molecule has 88 valence electrons. The average molecular weight is 254 g/mol. The van der Waals surface area contributed by atoms with Crippen molar-refractivity contribution in [2.75, 3.05) is 5.32 Å². The first-order valence-electron chi connectivity index (χ1n) is 4.72. The van der Waals surface area contributed by atoms with Gasteiger partial charge in [0, 0.05) is 12.1 Å². The highest BCUT2D eigenvalue weighted by atomic mass is 35.5. The van der Waals surface area contributed by atoms with E-state index < -0.39 is 4.92 Å². The topological polar surface area (TPSA) is 81.2 Å². The summed E-state index contributed by atoms with van der Waals surface area (Å²) in [6.07, 6.45) is 2.87. The normalized spacial score (nSPS) is 10.2. The molecule has 0 aliphatic carbocycles. The molecule has 7 heteroatoms. The zero-order chi connectivity index (χ0) is 12.3. The maximum atomic E-state index is 10.6. The number of nitrogens with one attached hydrogen (secondary N) is 1. The minimum absolute atomic E-state index is 0.0190. The number of hydrogen-bond acceptors (Lipinski definition) is 5. The number of halogens is 1. The summed E-state index contributed by atoms with van der Waals surface area (Å²) in [5, 5.41) is 14.0. The standard InChI is InChI=1S/C10H8ClN3O3/c11-9-2-1-7(14(15)16)3-10(9)13-5-8-4-12-6-17-8/h1-4,6,13H,5H2. The Kier molecular flexibility index (Phi) is 3.24. The maximum absolute atomic E-state index is 10.6. The fourth-order valence-corrected chi connectivity index (χ4v) is 1.46. The number of nitrogens with zero attached hydrogens (tertiary/aromatic N) is 2. The molecular formula is C10H8ClN3O3. The van der Waals surface area contributed by atoms with Gasteiger partial charge >= 0.3 is 0 Å². The van der Waals surface area contributed by atoms with Gasteiger partial charge in [-0.1, -0.05) is 11.6 Å². The van der Waals surface area contributed by atoms with Gasteiger partial charge in [-0.15, -0.1) is 0 Å². The highest BCUT2D eigenvalue weighted by Crippen LogP contribution is 2.26. The minimum Gasteiger partial charge on any atom is -0.447 e. The first kappa shape index (κ1) is 11.4. The van der Waals surface area contributed by atoms with Gasteiger partial charge in [-0.3, -0.25) is 10.1 Å². The van der Waals surface area contributed by atoms with E-state index in [4.69, 9.17) is 16.0 Å². The zero-order valence-electron chi connectivity index (χ0n) is 8.59. The Morgan fingerprint density at radius 3 is 3.00 bits per heavy atom. The van der Waals surface area contributed by atoms with E-state index in [9.17, 15) is 10.1 Å². The molecule has 1 aromatic heterocycles. The van der Waals surface area contributed by atoms with Gasteiger partial charge in [0.25, 0.3) is 5.69 Å². The van der Waals surface area contributed by atoms with Crippen LogP contribution >= 0.6 is 11.6 Å². The highest BCUT2D eigenvalue weighted by molar-refractivity contribution is 6.33. The predicted molar refractivity (Wildman–Crippen MR) is 61.9 cm³/mol. The van der Waals surface area contributed by atoms with Crippen molar-refractivity contribution in [3.05, 3.63) is 51.7 Å². The van der Waals surface area contributed by atoms with Crippen LogP contribution < -0.4 is 5.32 Å². The van der Waals surface area contributed by atoms with E-state index in [0.29, 0.717) is 23.0 Å². The average Bonchev–Trinajstić information content (AvgIpc) is 2.80. The summed E-state index contributed by atoms with van der Waals surface area (Å²) in [6.45, 7) is 0.362. The van der Waals surface area contributed by atoms with Gasteiger partial charge < -0.3 is 9.73 Å². The molecule has 1 heterocycles. The summed E-state index contributed by atoms with van der Waals surface area (Å²) in [4.78, 5) is 13.9. The number of non-ortho nitro benzene ring substituents is 1. The molecule has 2 aromatic rings. The Labute approximate surface area is 101 Å². The van der Waals surface area contributed by atoms with E-state index in [0.717, 1.165) is 0 Å². The monoisotopic (exact) mass is 253 g/mol. The van der Waals surface area contributed by atoms with Crippen LogP contribution in [0.4, 0.5) is 11.4 Å². The molecule has 0 bridgehead atoms. The van der Waals surface area contributed by atoms with Crippen LogP contribution in [0.5, 0.6) is 0 Å². The van der Waals surface area contributed by atoms with Crippen molar-refractivity contribution in [2.24, 2.45) is 0 Å². The van der Waals surface area contributed by atoms with Crippen molar-refractivity contribution >= 4 is 23.0 Å². The first-order valence-corrected chi connectivity index (χ1v) is 5.10. The molecule has 0 spiro atoms. The number of hydrogen-bond donors (Lipinski definition) is 1. The SMILES string of the molecule is O=[N+]([O-])c1ccc(Cl)c(NCc2cnco2)c1. The largest absolute Gasteiger partial charge is 0.447 e. The van der Waals surface area contributed by atoms with Crippen molar-refractivity contribution < 1.29 is 9.34 Å². The van der Waals surface area contributed by atoms with Crippen molar-refractivity contribution in [2.45, 2.75) is 6.54 Å². The number of nitro benzene ring substituents is 1. The minimum atomic E-state index is -0.476. The second-order valence-electron chi connectivity index (χ2n) is 3.24. The van der Waals surface area contributed by atoms with Crippen LogP contribution in [0.3, 0.4) is 0 Å². The quantitative estimate of drug-likeness (QED) is 0.669. The lowest BCUT2D eigenvalue weighted by Crippen LogP contribution is -1.99. The van der Waals surface area contributed by atoms with Crippen LogP contribution in [0, 0.1) is 10.1 Å². The number of anilines is 1. The van der Waals surface area contributed by atoms with Gasteiger partial charge in [0.2, 0.25) is 0 Å². The van der Waals surface area contributed by atoms with E-state index in [1.54, 1.807) is 6.20 Å². The van der Waals surface area contributed by atoms with Gasteiger partial charge in [0.05, 0.1) is 28.4 Å². The summed E-state index contributed by atoms with van der Waals surface area (Å²) in [5.74, 6) is 0.618. The number of nitro groups is 1.